The topological polar surface area (TPSA) is 141 Å². The first-order chi connectivity index (χ1) is 21.4. The molecule has 1 aromatic heterocycles. The van der Waals surface area contributed by atoms with E-state index in [-0.39, 0.29) is 23.2 Å². The number of nitro benzene ring substituents is 1. The summed E-state index contributed by atoms with van der Waals surface area (Å²) in [5, 5.41) is 24.7. The molecule has 4 aromatic carbocycles. The van der Waals surface area contributed by atoms with Crippen LogP contribution in [0, 0.1) is 10.1 Å². The van der Waals surface area contributed by atoms with Gasteiger partial charge >= 0.3 is 5.97 Å². The van der Waals surface area contributed by atoms with Crippen LogP contribution in [0.4, 0.5) is 5.69 Å². The van der Waals surface area contributed by atoms with Gasteiger partial charge in [0.15, 0.2) is 0 Å². The summed E-state index contributed by atoms with van der Waals surface area (Å²) in [6.07, 6.45) is 1.23. The van der Waals surface area contributed by atoms with E-state index >= 15 is 0 Å². The zero-order valence-electron chi connectivity index (χ0n) is 24.9. The molecule has 10 nitrogen and oxygen atoms in total. The molecular weight excluding hydrogens is 574 g/mol. The summed E-state index contributed by atoms with van der Waals surface area (Å²) in [5.74, 6) is 0.512. The molecule has 0 spiro atoms. The van der Waals surface area contributed by atoms with Crippen LogP contribution in [0.25, 0.3) is 10.8 Å². The Morgan fingerprint density at radius 2 is 1.38 bits per heavy atom. The number of pyridine rings is 1. The fourth-order valence-electron chi connectivity index (χ4n) is 4.66. The lowest BCUT2D eigenvalue weighted by Crippen LogP contribution is -2.30. The summed E-state index contributed by atoms with van der Waals surface area (Å²) in [4.78, 5) is 39.6. The number of hydrogen-bond donors (Lipinski definition) is 2. The number of nitrogens with one attached hydrogen (secondary N) is 1. The van der Waals surface area contributed by atoms with Gasteiger partial charge in [-0.3, -0.25) is 24.7 Å². The number of carboxylic acid groups (broad SMARTS) is 1. The molecule has 5 aromatic rings. The normalized spacial score (nSPS) is 11.9. The Labute approximate surface area is 259 Å². The van der Waals surface area contributed by atoms with Gasteiger partial charge in [0.1, 0.15) is 28.7 Å². The van der Waals surface area contributed by atoms with E-state index in [4.69, 9.17) is 9.47 Å². The highest BCUT2D eigenvalue weighted by molar-refractivity contribution is 5.97. The lowest BCUT2D eigenvalue weighted by atomic mass is 9.87. The molecule has 0 fully saturated rings. The smallest absolute Gasteiger partial charge is 0.305 e. The van der Waals surface area contributed by atoms with Crippen molar-refractivity contribution in [2.75, 3.05) is 0 Å². The number of rotatable bonds is 10. The number of benzene rings is 4. The van der Waals surface area contributed by atoms with E-state index in [0.29, 0.717) is 28.6 Å². The SMILES string of the molecule is CC(C)(C)c1ccc(Oc2ccc3cnc(C(=O)NC(CC(=O)O)c4ccc(Oc5ccc([N+](=O)[O-])cc5)cc4)cc3c2)cc1. The molecule has 0 aliphatic carbocycles. The number of aromatic nitrogens is 1. The Hall–Kier alpha value is -5.77. The van der Waals surface area contributed by atoms with Gasteiger partial charge in [-0.1, -0.05) is 45.0 Å². The van der Waals surface area contributed by atoms with Crippen molar-refractivity contribution >= 4 is 28.3 Å². The number of ether oxygens (including phenoxy) is 2. The molecule has 228 valence electrons. The van der Waals surface area contributed by atoms with Crippen molar-refractivity contribution in [2.45, 2.75) is 38.6 Å². The second kappa shape index (κ2) is 12.8. The van der Waals surface area contributed by atoms with Gasteiger partial charge in [0, 0.05) is 23.7 Å². The highest BCUT2D eigenvalue weighted by Gasteiger charge is 2.20. The molecule has 1 amide bonds. The van der Waals surface area contributed by atoms with Crippen molar-refractivity contribution in [3.05, 3.63) is 130 Å². The molecule has 5 rings (SSSR count). The number of nitro groups is 1. The summed E-state index contributed by atoms with van der Waals surface area (Å²) in [5.41, 5.74) is 1.85. The summed E-state index contributed by atoms with van der Waals surface area (Å²) in [6, 6.07) is 26.4. The van der Waals surface area contributed by atoms with Crippen molar-refractivity contribution < 1.29 is 29.1 Å². The number of nitrogens with zero attached hydrogens (tertiary/aromatic N) is 2. The third kappa shape index (κ3) is 7.80. The molecular formula is C35H31N3O7. The van der Waals surface area contributed by atoms with E-state index in [1.807, 2.05) is 42.5 Å². The fourth-order valence-corrected chi connectivity index (χ4v) is 4.66. The number of carbonyl (C=O) groups excluding carboxylic acids is 1. The molecule has 45 heavy (non-hydrogen) atoms. The first kappa shape index (κ1) is 30.7. The van der Waals surface area contributed by atoms with E-state index in [2.05, 4.69) is 31.1 Å². The predicted octanol–water partition coefficient (Wildman–Crippen LogP) is 7.97. The third-order valence-electron chi connectivity index (χ3n) is 7.13. The van der Waals surface area contributed by atoms with E-state index in [1.54, 1.807) is 36.5 Å². The zero-order valence-corrected chi connectivity index (χ0v) is 24.9. The molecule has 2 N–H and O–H groups in total. The molecule has 0 saturated carbocycles. The summed E-state index contributed by atoms with van der Waals surface area (Å²) < 4.78 is 11.8. The van der Waals surface area contributed by atoms with Gasteiger partial charge in [-0.05, 0) is 82.6 Å². The Balaban J connectivity index is 1.29. The van der Waals surface area contributed by atoms with Gasteiger partial charge in [0.2, 0.25) is 0 Å². The monoisotopic (exact) mass is 605 g/mol. The van der Waals surface area contributed by atoms with Crippen LogP contribution in [0.1, 0.15) is 54.8 Å². The Kier molecular flexibility index (Phi) is 8.76. The zero-order chi connectivity index (χ0) is 32.1. The van der Waals surface area contributed by atoms with Crippen molar-refractivity contribution in [2.24, 2.45) is 0 Å². The number of carbonyl (C=O) groups is 2. The van der Waals surface area contributed by atoms with Gasteiger partial charge in [-0.15, -0.1) is 0 Å². The van der Waals surface area contributed by atoms with Crippen molar-refractivity contribution in [1.82, 2.24) is 10.3 Å². The van der Waals surface area contributed by atoms with Crippen molar-refractivity contribution in [1.29, 1.82) is 0 Å². The van der Waals surface area contributed by atoms with Gasteiger partial charge in [-0.2, -0.15) is 0 Å². The quantitative estimate of drug-likeness (QED) is 0.121. The van der Waals surface area contributed by atoms with Crippen LogP contribution < -0.4 is 14.8 Å². The first-order valence-corrected chi connectivity index (χ1v) is 14.2. The maximum Gasteiger partial charge on any atom is 0.305 e. The molecule has 10 heteroatoms. The van der Waals surface area contributed by atoms with Gasteiger partial charge in [-0.25, -0.2) is 0 Å². The van der Waals surface area contributed by atoms with Crippen LogP contribution in [-0.4, -0.2) is 26.9 Å². The van der Waals surface area contributed by atoms with Crippen LogP contribution in [0.3, 0.4) is 0 Å². The van der Waals surface area contributed by atoms with Crippen LogP contribution >= 0.6 is 0 Å². The largest absolute Gasteiger partial charge is 0.481 e. The second-order valence-electron chi connectivity index (χ2n) is 11.5. The molecule has 0 saturated heterocycles. The van der Waals surface area contributed by atoms with Gasteiger partial charge < -0.3 is 19.9 Å². The second-order valence-corrected chi connectivity index (χ2v) is 11.5. The molecule has 0 radical (unpaired) electrons. The fraction of sp³-hybridized carbons (Fsp3) is 0.171. The maximum absolute atomic E-state index is 13.3. The molecule has 1 heterocycles. The summed E-state index contributed by atoms with van der Waals surface area (Å²) in [6.45, 7) is 6.44. The lowest BCUT2D eigenvalue weighted by Gasteiger charge is -2.19. The Bertz CT molecular complexity index is 1850. The summed E-state index contributed by atoms with van der Waals surface area (Å²) >= 11 is 0. The molecule has 0 aliphatic rings. The number of carboxylic acids is 1. The Morgan fingerprint density at radius 3 is 1.96 bits per heavy atom. The van der Waals surface area contributed by atoms with Gasteiger partial charge in [0.25, 0.3) is 11.6 Å². The van der Waals surface area contributed by atoms with Crippen LogP contribution in [-0.2, 0) is 10.2 Å². The third-order valence-corrected chi connectivity index (χ3v) is 7.13. The minimum atomic E-state index is -1.09. The average Bonchev–Trinajstić information content (AvgIpc) is 3.00. The van der Waals surface area contributed by atoms with Crippen molar-refractivity contribution in [3.8, 4) is 23.0 Å². The number of non-ortho nitro benzene ring substituents is 1. The first-order valence-electron chi connectivity index (χ1n) is 14.2. The highest BCUT2D eigenvalue weighted by atomic mass is 16.6. The summed E-state index contributed by atoms with van der Waals surface area (Å²) in [7, 11) is 0. The molecule has 1 unspecified atom stereocenters. The number of amides is 1. The van der Waals surface area contributed by atoms with Crippen LogP contribution in [0.15, 0.2) is 103 Å². The number of hydrogen-bond acceptors (Lipinski definition) is 7. The van der Waals surface area contributed by atoms with E-state index in [1.165, 1.54) is 29.8 Å². The highest BCUT2D eigenvalue weighted by Crippen LogP contribution is 2.30. The Morgan fingerprint density at radius 1 is 0.822 bits per heavy atom. The standard InChI is InChI=1S/C35H31N3O7/c1-35(2,3)25-7-14-28(15-8-25)45-30-13-6-23-21-36-32(19-24(23)18-30)34(41)37-31(20-33(39)40)22-4-11-27(12-5-22)44-29-16-9-26(10-17-29)38(42)43/h4-19,21,31H,20H2,1-3H3,(H,37,41)(H,39,40). The maximum atomic E-state index is 13.3. The molecule has 0 bridgehead atoms. The molecule has 0 aliphatic heterocycles. The van der Waals surface area contributed by atoms with Gasteiger partial charge in [0.05, 0.1) is 17.4 Å². The van der Waals surface area contributed by atoms with Crippen LogP contribution in [0.2, 0.25) is 0 Å². The minimum Gasteiger partial charge on any atom is -0.481 e. The van der Waals surface area contributed by atoms with Crippen molar-refractivity contribution in [3.63, 3.8) is 0 Å². The van der Waals surface area contributed by atoms with E-state index < -0.39 is 22.8 Å². The van der Waals surface area contributed by atoms with E-state index in [0.717, 1.165) is 10.8 Å². The number of fused-ring (bicyclic) bond motifs is 1. The average molecular weight is 606 g/mol. The molecule has 1 atom stereocenters. The minimum absolute atomic E-state index is 0.0317. The van der Waals surface area contributed by atoms with Crippen LogP contribution in [0.5, 0.6) is 23.0 Å². The number of aliphatic carboxylic acids is 1. The lowest BCUT2D eigenvalue weighted by molar-refractivity contribution is -0.384. The van der Waals surface area contributed by atoms with E-state index in [9.17, 15) is 24.8 Å². The predicted molar refractivity (Wildman–Crippen MR) is 169 cm³/mol.